The van der Waals surface area contributed by atoms with Crippen molar-refractivity contribution in [3.63, 3.8) is 0 Å². The van der Waals surface area contributed by atoms with Crippen molar-refractivity contribution in [2.24, 2.45) is 11.8 Å². The molecule has 1 heterocycles. The minimum Gasteiger partial charge on any atom is -0.300 e. The van der Waals surface area contributed by atoms with Gasteiger partial charge in [-0.3, -0.25) is 19.6 Å². The molecule has 0 spiro atoms. The molecular formula is C8H9NO4. The van der Waals surface area contributed by atoms with Gasteiger partial charge in [-0.2, -0.15) is 5.06 Å². The molecule has 1 saturated heterocycles. The number of amides is 2. The fraction of sp³-hybridized carbons (Fsp3) is 0.625. The van der Waals surface area contributed by atoms with Gasteiger partial charge in [0.1, 0.15) is 5.78 Å². The second kappa shape index (κ2) is 2.63. The van der Waals surface area contributed by atoms with Crippen LogP contribution in [0.5, 0.6) is 0 Å². The second-order valence-corrected chi connectivity index (χ2v) is 3.48. The van der Waals surface area contributed by atoms with Crippen molar-refractivity contribution in [2.75, 3.05) is 0 Å². The molecule has 1 aliphatic carbocycles. The Morgan fingerprint density at radius 2 is 1.77 bits per heavy atom. The first-order valence-electron chi connectivity index (χ1n) is 4.19. The molecule has 0 aromatic carbocycles. The molecular weight excluding hydrogens is 174 g/mol. The number of fused-ring (bicyclic) bond motifs is 1. The summed E-state index contributed by atoms with van der Waals surface area (Å²) in [6, 6.07) is 0. The first-order chi connectivity index (χ1) is 6.11. The molecule has 1 saturated carbocycles. The summed E-state index contributed by atoms with van der Waals surface area (Å²) < 4.78 is 0. The normalized spacial score (nSPS) is 33.9. The molecule has 0 aromatic heterocycles. The van der Waals surface area contributed by atoms with E-state index < -0.39 is 23.7 Å². The summed E-state index contributed by atoms with van der Waals surface area (Å²) >= 11 is 0. The standard InChI is InChI=1S/C8H9NO4/c10-4-1-2-5-6(3-4)8(12)9(13)7(5)11/h5-6,13H,1-3H2. The predicted octanol–water partition coefficient (Wildman–Crippen LogP) is -0.270. The van der Waals surface area contributed by atoms with E-state index in [1.165, 1.54) is 0 Å². The van der Waals surface area contributed by atoms with Crippen molar-refractivity contribution in [1.29, 1.82) is 0 Å². The highest BCUT2D eigenvalue weighted by atomic mass is 16.5. The van der Waals surface area contributed by atoms with Crippen LogP contribution in [0.25, 0.3) is 0 Å². The van der Waals surface area contributed by atoms with Crippen LogP contribution >= 0.6 is 0 Å². The van der Waals surface area contributed by atoms with Crippen molar-refractivity contribution in [1.82, 2.24) is 5.06 Å². The maximum atomic E-state index is 11.2. The Kier molecular flexibility index (Phi) is 1.69. The molecule has 2 atom stereocenters. The van der Waals surface area contributed by atoms with Gasteiger partial charge in [-0.05, 0) is 6.42 Å². The number of nitrogens with zero attached hydrogens (tertiary/aromatic N) is 1. The molecule has 2 rings (SSSR count). The van der Waals surface area contributed by atoms with Gasteiger partial charge in [-0.15, -0.1) is 0 Å². The third-order valence-electron chi connectivity index (χ3n) is 2.72. The van der Waals surface area contributed by atoms with Crippen molar-refractivity contribution in [3.05, 3.63) is 0 Å². The minimum absolute atomic E-state index is 0.00213. The van der Waals surface area contributed by atoms with Gasteiger partial charge in [-0.25, -0.2) is 0 Å². The van der Waals surface area contributed by atoms with Crippen LogP contribution < -0.4 is 0 Å². The van der Waals surface area contributed by atoms with Gasteiger partial charge in [0.15, 0.2) is 0 Å². The van der Waals surface area contributed by atoms with Gasteiger partial charge >= 0.3 is 0 Å². The van der Waals surface area contributed by atoms with Crippen molar-refractivity contribution >= 4 is 17.6 Å². The largest absolute Gasteiger partial charge is 0.300 e. The Morgan fingerprint density at radius 1 is 1.15 bits per heavy atom. The highest BCUT2D eigenvalue weighted by Gasteiger charge is 2.49. The summed E-state index contributed by atoms with van der Waals surface area (Å²) in [5, 5.41) is 9.17. The fourth-order valence-electron chi connectivity index (χ4n) is 1.99. The third-order valence-corrected chi connectivity index (χ3v) is 2.72. The van der Waals surface area contributed by atoms with E-state index in [-0.39, 0.29) is 17.3 Å². The molecule has 13 heavy (non-hydrogen) atoms. The highest BCUT2D eigenvalue weighted by Crippen LogP contribution is 2.35. The Bertz CT molecular complexity index is 299. The van der Waals surface area contributed by atoms with Crippen molar-refractivity contribution < 1.29 is 19.6 Å². The Labute approximate surface area is 74.3 Å². The number of Topliss-reactive ketones (excluding diaryl/α,β-unsaturated/α-hetero) is 1. The summed E-state index contributed by atoms with van der Waals surface area (Å²) in [5.74, 6) is -2.24. The van der Waals surface area contributed by atoms with Crippen LogP contribution in [0.15, 0.2) is 0 Å². The molecule has 5 nitrogen and oxygen atoms in total. The molecule has 70 valence electrons. The molecule has 2 unspecified atom stereocenters. The van der Waals surface area contributed by atoms with Crippen molar-refractivity contribution in [2.45, 2.75) is 19.3 Å². The summed E-state index contributed by atoms with van der Waals surface area (Å²) in [6.07, 6.45) is 0.839. The highest BCUT2D eigenvalue weighted by molar-refractivity contribution is 6.06. The number of carbonyl (C=O) groups is 3. The van der Waals surface area contributed by atoms with Crippen LogP contribution in [-0.4, -0.2) is 27.9 Å². The number of carbonyl (C=O) groups excluding carboxylic acids is 3. The van der Waals surface area contributed by atoms with Crippen LogP contribution in [0.2, 0.25) is 0 Å². The number of hydrogen-bond donors (Lipinski definition) is 1. The molecule has 2 fully saturated rings. The lowest BCUT2D eigenvalue weighted by atomic mass is 9.80. The summed E-state index contributed by atoms with van der Waals surface area (Å²) in [7, 11) is 0. The van der Waals surface area contributed by atoms with Gasteiger partial charge < -0.3 is 0 Å². The van der Waals surface area contributed by atoms with Crippen LogP contribution in [0, 0.1) is 11.8 Å². The smallest absolute Gasteiger partial charge is 0.257 e. The maximum absolute atomic E-state index is 11.2. The molecule has 5 heteroatoms. The number of hydroxylamine groups is 2. The molecule has 1 N–H and O–H groups in total. The van der Waals surface area contributed by atoms with E-state index in [0.29, 0.717) is 12.8 Å². The topological polar surface area (TPSA) is 74.7 Å². The molecule has 0 aromatic rings. The number of rotatable bonds is 0. The zero-order valence-corrected chi connectivity index (χ0v) is 6.90. The van der Waals surface area contributed by atoms with E-state index >= 15 is 0 Å². The second-order valence-electron chi connectivity index (χ2n) is 3.48. The van der Waals surface area contributed by atoms with E-state index in [4.69, 9.17) is 5.21 Å². The van der Waals surface area contributed by atoms with E-state index in [0.717, 1.165) is 0 Å². The zero-order chi connectivity index (χ0) is 9.59. The number of ketones is 1. The molecule has 1 aliphatic heterocycles. The fourth-order valence-corrected chi connectivity index (χ4v) is 1.99. The number of imide groups is 1. The van der Waals surface area contributed by atoms with Gasteiger partial charge in [0.2, 0.25) is 0 Å². The lowest BCUT2D eigenvalue weighted by Gasteiger charge is -2.18. The van der Waals surface area contributed by atoms with Gasteiger partial charge in [0.05, 0.1) is 11.8 Å². The van der Waals surface area contributed by atoms with E-state index in [1.807, 2.05) is 0 Å². The first-order valence-corrected chi connectivity index (χ1v) is 4.19. The Morgan fingerprint density at radius 3 is 2.46 bits per heavy atom. The molecule has 2 aliphatic rings. The maximum Gasteiger partial charge on any atom is 0.257 e. The Hall–Kier alpha value is -1.23. The van der Waals surface area contributed by atoms with Crippen LogP contribution in [0.3, 0.4) is 0 Å². The quantitative estimate of drug-likeness (QED) is 0.414. The summed E-state index contributed by atoms with van der Waals surface area (Å²) in [6.45, 7) is 0. The zero-order valence-electron chi connectivity index (χ0n) is 6.90. The number of hydrogen-bond acceptors (Lipinski definition) is 4. The predicted molar refractivity (Wildman–Crippen MR) is 39.5 cm³/mol. The van der Waals surface area contributed by atoms with Gasteiger partial charge in [-0.1, -0.05) is 0 Å². The Balaban J connectivity index is 2.27. The average Bonchev–Trinajstić information content (AvgIpc) is 2.32. The van der Waals surface area contributed by atoms with Crippen LogP contribution in [0.4, 0.5) is 0 Å². The van der Waals surface area contributed by atoms with E-state index in [1.54, 1.807) is 0 Å². The van der Waals surface area contributed by atoms with E-state index in [9.17, 15) is 14.4 Å². The van der Waals surface area contributed by atoms with E-state index in [2.05, 4.69) is 0 Å². The molecule has 0 radical (unpaired) electrons. The SMILES string of the molecule is O=C1CCC2C(=O)N(O)C(=O)C2C1. The van der Waals surface area contributed by atoms with Gasteiger partial charge in [0.25, 0.3) is 11.8 Å². The lowest BCUT2D eigenvalue weighted by molar-refractivity contribution is -0.173. The summed E-state index contributed by atoms with van der Waals surface area (Å²) in [4.78, 5) is 33.4. The first kappa shape index (κ1) is 8.37. The summed E-state index contributed by atoms with van der Waals surface area (Å²) in [5.41, 5.74) is 0. The van der Waals surface area contributed by atoms with Crippen molar-refractivity contribution in [3.8, 4) is 0 Å². The molecule has 0 bridgehead atoms. The van der Waals surface area contributed by atoms with Gasteiger partial charge in [0, 0.05) is 12.8 Å². The van der Waals surface area contributed by atoms with Crippen LogP contribution in [-0.2, 0) is 14.4 Å². The van der Waals surface area contributed by atoms with Crippen LogP contribution in [0.1, 0.15) is 19.3 Å². The lowest BCUT2D eigenvalue weighted by Crippen LogP contribution is -2.27. The third kappa shape index (κ3) is 1.07. The molecule has 2 amide bonds. The minimum atomic E-state index is -0.622. The average molecular weight is 183 g/mol. The monoisotopic (exact) mass is 183 g/mol.